The summed E-state index contributed by atoms with van der Waals surface area (Å²) in [6.45, 7) is 9.75. The lowest BCUT2D eigenvalue weighted by molar-refractivity contribution is 0.327. The number of hydrogen-bond acceptors (Lipinski definition) is 6. The Morgan fingerprint density at radius 3 is 2.53 bits per heavy atom. The molecule has 2 fully saturated rings. The molecule has 5 heterocycles. The first-order valence-electron chi connectivity index (χ1n) is 13.0. The fourth-order valence-corrected chi connectivity index (χ4v) is 5.33. The highest BCUT2D eigenvalue weighted by Gasteiger charge is 2.15. The SMILES string of the molecule is C=C(Nc1ccc(CN2CCCC2)nc1)c1n[nH]c2ccc(-c3cncc(N4CCCCC4)c3)cc12. The zero-order valence-corrected chi connectivity index (χ0v) is 20.7. The molecular weight excluding hydrogens is 446 g/mol. The molecule has 2 N–H and O–H groups in total. The van der Waals surface area contributed by atoms with Gasteiger partial charge in [-0.1, -0.05) is 12.6 Å². The molecule has 184 valence electrons. The van der Waals surface area contributed by atoms with E-state index in [0.29, 0.717) is 0 Å². The summed E-state index contributed by atoms with van der Waals surface area (Å²) >= 11 is 0. The highest BCUT2D eigenvalue weighted by Crippen LogP contribution is 2.30. The number of rotatable bonds is 7. The summed E-state index contributed by atoms with van der Waals surface area (Å²) in [5.41, 5.74) is 7.99. The predicted molar refractivity (Wildman–Crippen MR) is 147 cm³/mol. The first kappa shape index (κ1) is 22.7. The number of benzene rings is 1. The van der Waals surface area contributed by atoms with Crippen molar-refractivity contribution in [1.29, 1.82) is 0 Å². The van der Waals surface area contributed by atoms with Crippen LogP contribution in [0.1, 0.15) is 43.5 Å². The van der Waals surface area contributed by atoms with Gasteiger partial charge in [0.1, 0.15) is 5.69 Å². The van der Waals surface area contributed by atoms with Crippen LogP contribution in [0.4, 0.5) is 11.4 Å². The van der Waals surface area contributed by atoms with Gasteiger partial charge in [0.05, 0.1) is 40.7 Å². The summed E-state index contributed by atoms with van der Waals surface area (Å²) in [6, 6.07) is 12.8. The maximum absolute atomic E-state index is 4.65. The summed E-state index contributed by atoms with van der Waals surface area (Å²) in [7, 11) is 0. The van der Waals surface area contributed by atoms with Crippen molar-refractivity contribution in [2.45, 2.75) is 38.6 Å². The normalized spacial score (nSPS) is 16.5. The molecule has 0 amide bonds. The second-order valence-corrected chi connectivity index (χ2v) is 9.94. The number of anilines is 2. The van der Waals surface area contributed by atoms with E-state index in [1.807, 2.05) is 18.6 Å². The molecule has 1 aromatic carbocycles. The van der Waals surface area contributed by atoms with Gasteiger partial charge >= 0.3 is 0 Å². The minimum absolute atomic E-state index is 0.743. The Bertz CT molecular complexity index is 1350. The number of aromatic amines is 1. The highest BCUT2D eigenvalue weighted by molar-refractivity contribution is 5.95. The third-order valence-electron chi connectivity index (χ3n) is 7.33. The molecule has 0 aliphatic carbocycles. The molecular formula is C29H33N7. The summed E-state index contributed by atoms with van der Waals surface area (Å²) < 4.78 is 0. The van der Waals surface area contributed by atoms with Crippen LogP contribution in [-0.4, -0.2) is 51.2 Å². The van der Waals surface area contributed by atoms with E-state index in [2.05, 4.69) is 78.3 Å². The first-order chi connectivity index (χ1) is 17.7. The van der Waals surface area contributed by atoms with Gasteiger partial charge in [-0.3, -0.25) is 20.0 Å². The van der Waals surface area contributed by atoms with Crippen LogP contribution >= 0.6 is 0 Å². The molecule has 0 unspecified atom stereocenters. The van der Waals surface area contributed by atoms with Gasteiger partial charge in [-0.25, -0.2) is 0 Å². The van der Waals surface area contributed by atoms with Crippen LogP contribution in [0.25, 0.3) is 27.7 Å². The number of nitrogens with zero attached hydrogens (tertiary/aromatic N) is 5. The molecule has 0 bridgehead atoms. The van der Waals surface area contributed by atoms with Crippen molar-refractivity contribution in [2.75, 3.05) is 36.4 Å². The van der Waals surface area contributed by atoms with Gasteiger partial charge in [0.2, 0.25) is 0 Å². The van der Waals surface area contributed by atoms with Gasteiger partial charge in [-0.05, 0) is 81.1 Å². The minimum atomic E-state index is 0.743. The minimum Gasteiger partial charge on any atom is -0.370 e. The van der Waals surface area contributed by atoms with Crippen LogP contribution in [0, 0.1) is 0 Å². The Morgan fingerprint density at radius 2 is 1.72 bits per heavy atom. The average molecular weight is 480 g/mol. The van der Waals surface area contributed by atoms with Gasteiger partial charge in [0, 0.05) is 36.8 Å². The van der Waals surface area contributed by atoms with Crippen molar-refractivity contribution in [1.82, 2.24) is 25.1 Å². The number of aromatic nitrogens is 4. The highest BCUT2D eigenvalue weighted by atomic mass is 15.2. The molecule has 2 aliphatic rings. The van der Waals surface area contributed by atoms with E-state index in [1.165, 1.54) is 50.9 Å². The van der Waals surface area contributed by atoms with Gasteiger partial charge in [0.25, 0.3) is 0 Å². The third-order valence-corrected chi connectivity index (χ3v) is 7.33. The maximum Gasteiger partial charge on any atom is 0.116 e. The van der Waals surface area contributed by atoms with E-state index in [4.69, 9.17) is 0 Å². The van der Waals surface area contributed by atoms with E-state index >= 15 is 0 Å². The fraction of sp³-hybridized carbons (Fsp3) is 0.345. The van der Waals surface area contributed by atoms with Crippen LogP contribution in [0.15, 0.2) is 61.6 Å². The zero-order valence-electron chi connectivity index (χ0n) is 20.7. The van der Waals surface area contributed by atoms with Crippen molar-refractivity contribution >= 4 is 28.0 Å². The lowest BCUT2D eigenvalue weighted by Crippen LogP contribution is -2.29. The second kappa shape index (κ2) is 10.1. The van der Waals surface area contributed by atoms with Gasteiger partial charge in [0.15, 0.2) is 0 Å². The second-order valence-electron chi connectivity index (χ2n) is 9.94. The zero-order chi connectivity index (χ0) is 24.3. The molecule has 0 saturated carbocycles. The van der Waals surface area contributed by atoms with Crippen molar-refractivity contribution in [3.8, 4) is 11.1 Å². The Morgan fingerprint density at radius 1 is 0.889 bits per heavy atom. The van der Waals surface area contributed by atoms with E-state index in [1.54, 1.807) is 0 Å². The van der Waals surface area contributed by atoms with Crippen LogP contribution in [-0.2, 0) is 6.54 Å². The van der Waals surface area contributed by atoms with Crippen molar-refractivity contribution in [3.63, 3.8) is 0 Å². The molecule has 7 nitrogen and oxygen atoms in total. The molecule has 7 heteroatoms. The molecule has 2 saturated heterocycles. The standard InChI is InChI=1S/C29H33N7/c1-21(32-24-8-9-25(31-18-24)20-35-11-5-6-12-35)29-27-16-22(7-10-28(27)33-34-29)23-15-26(19-30-17-23)36-13-3-2-4-14-36/h7-10,15-19,32H,1-6,11-14,20H2,(H,33,34). The van der Waals surface area contributed by atoms with E-state index in [0.717, 1.165) is 64.4 Å². The van der Waals surface area contributed by atoms with Crippen LogP contribution < -0.4 is 10.2 Å². The van der Waals surface area contributed by atoms with E-state index in [9.17, 15) is 0 Å². The lowest BCUT2D eigenvalue weighted by Gasteiger charge is -2.28. The van der Waals surface area contributed by atoms with Gasteiger partial charge < -0.3 is 10.2 Å². The number of pyridine rings is 2. The van der Waals surface area contributed by atoms with Crippen molar-refractivity contribution in [3.05, 3.63) is 73.0 Å². The first-order valence-corrected chi connectivity index (χ1v) is 13.0. The Hall–Kier alpha value is -3.71. The monoisotopic (exact) mass is 479 g/mol. The summed E-state index contributed by atoms with van der Waals surface area (Å²) in [6.07, 6.45) is 12.2. The Balaban J connectivity index is 1.20. The fourth-order valence-electron chi connectivity index (χ4n) is 5.33. The molecule has 2 aliphatic heterocycles. The quantitative estimate of drug-likeness (QED) is 0.355. The summed E-state index contributed by atoms with van der Waals surface area (Å²) in [5, 5.41) is 12.1. The predicted octanol–water partition coefficient (Wildman–Crippen LogP) is 5.69. The molecule has 4 aromatic rings. The molecule has 0 radical (unpaired) electrons. The van der Waals surface area contributed by atoms with E-state index in [-0.39, 0.29) is 0 Å². The molecule has 3 aromatic heterocycles. The van der Waals surface area contributed by atoms with Crippen molar-refractivity contribution in [2.24, 2.45) is 0 Å². The summed E-state index contributed by atoms with van der Waals surface area (Å²) in [5.74, 6) is 0. The van der Waals surface area contributed by atoms with Crippen molar-refractivity contribution < 1.29 is 0 Å². The topological polar surface area (TPSA) is 73.0 Å². The number of piperidine rings is 1. The van der Waals surface area contributed by atoms with Gasteiger partial charge in [-0.2, -0.15) is 5.10 Å². The van der Waals surface area contributed by atoms with Gasteiger partial charge in [-0.15, -0.1) is 0 Å². The smallest absolute Gasteiger partial charge is 0.116 e. The average Bonchev–Trinajstić information content (AvgIpc) is 3.60. The Kier molecular flexibility index (Phi) is 6.38. The van der Waals surface area contributed by atoms with Crippen LogP contribution in [0.3, 0.4) is 0 Å². The number of fused-ring (bicyclic) bond motifs is 1. The van der Waals surface area contributed by atoms with Crippen LogP contribution in [0.2, 0.25) is 0 Å². The maximum atomic E-state index is 4.65. The Labute approximate surface area is 212 Å². The lowest BCUT2D eigenvalue weighted by atomic mass is 10.0. The molecule has 0 spiro atoms. The largest absolute Gasteiger partial charge is 0.370 e. The number of H-pyrrole nitrogens is 1. The number of hydrogen-bond donors (Lipinski definition) is 2. The number of likely N-dealkylation sites (tertiary alicyclic amines) is 1. The molecule has 0 atom stereocenters. The van der Waals surface area contributed by atoms with Crippen LogP contribution in [0.5, 0.6) is 0 Å². The molecule has 6 rings (SSSR count). The molecule has 36 heavy (non-hydrogen) atoms. The third kappa shape index (κ3) is 4.84. The van der Waals surface area contributed by atoms with E-state index < -0.39 is 0 Å². The number of nitrogens with one attached hydrogen (secondary N) is 2. The summed E-state index contributed by atoms with van der Waals surface area (Å²) in [4.78, 5) is 14.1.